The van der Waals surface area contributed by atoms with Gasteiger partial charge in [0.2, 0.25) is 0 Å². The van der Waals surface area contributed by atoms with Crippen LogP contribution in [0.1, 0.15) is 25.7 Å². The molecule has 0 heterocycles. The molecule has 1 aliphatic rings. The van der Waals surface area contributed by atoms with Crippen molar-refractivity contribution in [2.45, 2.75) is 44.0 Å². The topological polar surface area (TPSA) is 32.3 Å². The third-order valence-electron chi connectivity index (χ3n) is 2.29. The molecule has 0 aromatic rings. The Morgan fingerprint density at radius 2 is 1.69 bits per heavy atom. The van der Waals surface area contributed by atoms with E-state index in [1.807, 2.05) is 0 Å². The predicted octanol–water partition coefficient (Wildman–Crippen LogP) is 1.44. The Balaban J connectivity index is 2.16. The molecule has 1 rings (SSSR count). The lowest BCUT2D eigenvalue weighted by Crippen LogP contribution is -2.39. The van der Waals surface area contributed by atoms with Crippen molar-refractivity contribution in [3.8, 4) is 0 Å². The van der Waals surface area contributed by atoms with Gasteiger partial charge < -0.3 is 10.4 Å². The molecule has 0 aromatic carbocycles. The third-order valence-corrected chi connectivity index (χ3v) is 2.29. The average Bonchev–Trinajstić information content (AvgIpc) is 2.02. The number of alkyl halides is 3. The predicted molar refractivity (Wildman–Crippen MR) is 42.3 cm³/mol. The van der Waals surface area contributed by atoms with Crippen molar-refractivity contribution in [2.75, 3.05) is 6.54 Å². The Hall–Kier alpha value is -0.290. The van der Waals surface area contributed by atoms with Crippen molar-refractivity contribution in [1.29, 1.82) is 0 Å². The van der Waals surface area contributed by atoms with Gasteiger partial charge in [0.15, 0.2) is 0 Å². The molecule has 0 bridgehead atoms. The van der Waals surface area contributed by atoms with E-state index in [0.717, 1.165) is 0 Å². The second-order valence-electron chi connectivity index (χ2n) is 3.50. The largest absolute Gasteiger partial charge is 0.401 e. The maximum atomic E-state index is 11.8. The smallest absolute Gasteiger partial charge is 0.393 e. The van der Waals surface area contributed by atoms with Crippen LogP contribution >= 0.6 is 0 Å². The van der Waals surface area contributed by atoms with Crippen LogP contribution in [0.15, 0.2) is 0 Å². The van der Waals surface area contributed by atoms with Gasteiger partial charge in [-0.2, -0.15) is 13.2 Å². The number of halogens is 3. The standard InChI is InChI=1S/C8H14F3NO/c9-8(10,11)5-12-6-1-3-7(13)4-2-6/h6-7,12-13H,1-5H2. The van der Waals surface area contributed by atoms with Gasteiger partial charge in [0, 0.05) is 6.04 Å². The fraction of sp³-hybridized carbons (Fsp3) is 1.00. The maximum absolute atomic E-state index is 11.8. The number of aliphatic hydroxyl groups excluding tert-OH is 1. The first-order valence-corrected chi connectivity index (χ1v) is 4.45. The Labute approximate surface area is 75.1 Å². The molecular formula is C8H14F3NO. The second kappa shape index (κ2) is 4.28. The highest BCUT2D eigenvalue weighted by molar-refractivity contribution is 4.77. The van der Waals surface area contributed by atoms with Crippen LogP contribution in [-0.4, -0.2) is 30.0 Å². The number of rotatable bonds is 2. The zero-order valence-corrected chi connectivity index (χ0v) is 7.27. The van der Waals surface area contributed by atoms with Crippen LogP contribution in [-0.2, 0) is 0 Å². The summed E-state index contributed by atoms with van der Waals surface area (Å²) in [6.45, 7) is -0.923. The van der Waals surface area contributed by atoms with E-state index in [1.54, 1.807) is 0 Å². The molecular weight excluding hydrogens is 183 g/mol. The van der Waals surface area contributed by atoms with E-state index in [4.69, 9.17) is 5.11 Å². The zero-order valence-electron chi connectivity index (χ0n) is 7.27. The highest BCUT2D eigenvalue weighted by Gasteiger charge is 2.29. The van der Waals surface area contributed by atoms with Crippen molar-refractivity contribution < 1.29 is 18.3 Å². The van der Waals surface area contributed by atoms with Crippen molar-refractivity contribution in [1.82, 2.24) is 5.32 Å². The molecule has 2 N–H and O–H groups in total. The van der Waals surface area contributed by atoms with Crippen molar-refractivity contribution in [3.63, 3.8) is 0 Å². The van der Waals surface area contributed by atoms with Crippen LogP contribution in [0, 0.1) is 0 Å². The molecule has 5 heteroatoms. The lowest BCUT2D eigenvalue weighted by Gasteiger charge is -2.26. The quantitative estimate of drug-likeness (QED) is 0.702. The van der Waals surface area contributed by atoms with Gasteiger partial charge in [-0.15, -0.1) is 0 Å². The molecule has 1 saturated carbocycles. The monoisotopic (exact) mass is 197 g/mol. The van der Waals surface area contributed by atoms with E-state index in [2.05, 4.69) is 5.32 Å². The Bertz CT molecular complexity index is 152. The van der Waals surface area contributed by atoms with E-state index in [0.29, 0.717) is 25.7 Å². The van der Waals surface area contributed by atoms with Crippen molar-refractivity contribution >= 4 is 0 Å². The Kier molecular flexibility index (Phi) is 3.55. The molecule has 0 aliphatic heterocycles. The average molecular weight is 197 g/mol. The molecule has 0 saturated heterocycles. The fourth-order valence-corrected chi connectivity index (χ4v) is 1.54. The lowest BCUT2D eigenvalue weighted by atomic mass is 9.93. The summed E-state index contributed by atoms with van der Waals surface area (Å²) < 4.78 is 35.3. The van der Waals surface area contributed by atoms with Gasteiger partial charge >= 0.3 is 6.18 Å². The van der Waals surface area contributed by atoms with Gasteiger partial charge in [-0.1, -0.05) is 0 Å². The van der Waals surface area contributed by atoms with Crippen LogP contribution in [0.4, 0.5) is 13.2 Å². The number of nitrogens with one attached hydrogen (secondary N) is 1. The van der Waals surface area contributed by atoms with Crippen LogP contribution in [0.2, 0.25) is 0 Å². The molecule has 0 amide bonds. The Morgan fingerprint density at radius 1 is 1.15 bits per heavy atom. The van der Waals surface area contributed by atoms with Crippen LogP contribution < -0.4 is 5.32 Å². The van der Waals surface area contributed by atoms with Gasteiger partial charge in [-0.3, -0.25) is 0 Å². The van der Waals surface area contributed by atoms with E-state index in [-0.39, 0.29) is 12.1 Å². The van der Waals surface area contributed by atoms with E-state index < -0.39 is 12.7 Å². The number of hydrogen-bond donors (Lipinski definition) is 2. The summed E-state index contributed by atoms with van der Waals surface area (Å²) >= 11 is 0. The molecule has 0 spiro atoms. The zero-order chi connectivity index (χ0) is 9.90. The molecule has 13 heavy (non-hydrogen) atoms. The van der Waals surface area contributed by atoms with Crippen LogP contribution in [0.25, 0.3) is 0 Å². The molecule has 0 aromatic heterocycles. The first-order valence-electron chi connectivity index (χ1n) is 4.45. The number of aliphatic hydroxyl groups is 1. The van der Waals surface area contributed by atoms with Crippen molar-refractivity contribution in [3.05, 3.63) is 0 Å². The summed E-state index contributed by atoms with van der Waals surface area (Å²) in [5.74, 6) is 0. The molecule has 1 aliphatic carbocycles. The third kappa shape index (κ3) is 4.47. The first kappa shape index (κ1) is 10.8. The molecule has 0 atom stereocenters. The van der Waals surface area contributed by atoms with E-state index in [9.17, 15) is 13.2 Å². The molecule has 0 unspecified atom stereocenters. The fourth-order valence-electron chi connectivity index (χ4n) is 1.54. The van der Waals surface area contributed by atoms with Crippen LogP contribution in [0.3, 0.4) is 0 Å². The summed E-state index contributed by atoms with van der Waals surface area (Å²) in [6, 6.07) is -0.0787. The summed E-state index contributed by atoms with van der Waals surface area (Å²) in [6.07, 6.45) is -1.96. The SMILES string of the molecule is OC1CCC(NCC(F)(F)F)CC1. The van der Waals surface area contributed by atoms with Gasteiger partial charge in [0.25, 0.3) is 0 Å². The van der Waals surface area contributed by atoms with Crippen molar-refractivity contribution in [2.24, 2.45) is 0 Å². The van der Waals surface area contributed by atoms with Gasteiger partial charge in [-0.05, 0) is 25.7 Å². The minimum absolute atomic E-state index is 0.0787. The molecule has 2 nitrogen and oxygen atoms in total. The van der Waals surface area contributed by atoms with Crippen LogP contribution in [0.5, 0.6) is 0 Å². The van der Waals surface area contributed by atoms with E-state index >= 15 is 0 Å². The normalized spacial score (nSPS) is 30.5. The summed E-state index contributed by atoms with van der Waals surface area (Å²) in [7, 11) is 0. The lowest BCUT2D eigenvalue weighted by molar-refractivity contribution is -0.126. The number of hydrogen-bond acceptors (Lipinski definition) is 2. The minimum atomic E-state index is -4.13. The molecule has 78 valence electrons. The summed E-state index contributed by atoms with van der Waals surface area (Å²) in [5, 5.41) is 11.6. The minimum Gasteiger partial charge on any atom is -0.393 e. The first-order chi connectivity index (χ1) is 5.97. The summed E-state index contributed by atoms with van der Waals surface area (Å²) in [4.78, 5) is 0. The Morgan fingerprint density at radius 3 is 2.15 bits per heavy atom. The maximum Gasteiger partial charge on any atom is 0.401 e. The highest BCUT2D eigenvalue weighted by Crippen LogP contribution is 2.20. The van der Waals surface area contributed by atoms with E-state index in [1.165, 1.54) is 0 Å². The molecule has 1 fully saturated rings. The van der Waals surface area contributed by atoms with Gasteiger partial charge in [-0.25, -0.2) is 0 Å². The highest BCUT2D eigenvalue weighted by atomic mass is 19.4. The molecule has 0 radical (unpaired) electrons. The van der Waals surface area contributed by atoms with Gasteiger partial charge in [0.1, 0.15) is 0 Å². The van der Waals surface area contributed by atoms with Gasteiger partial charge in [0.05, 0.1) is 12.6 Å². The summed E-state index contributed by atoms with van der Waals surface area (Å²) in [5.41, 5.74) is 0. The second-order valence-corrected chi connectivity index (χ2v) is 3.50.